The van der Waals surface area contributed by atoms with E-state index in [4.69, 9.17) is 16.3 Å². The average Bonchev–Trinajstić information content (AvgIpc) is 2.57. The minimum absolute atomic E-state index is 0.0498. The summed E-state index contributed by atoms with van der Waals surface area (Å²) in [5, 5.41) is 3.33. The van der Waals surface area contributed by atoms with Crippen LogP contribution in [0.25, 0.3) is 5.69 Å². The number of ether oxygens (including phenoxy) is 1. The lowest BCUT2D eigenvalue weighted by Gasteiger charge is -2.15. The molecule has 0 aliphatic rings. The molecule has 1 aromatic heterocycles. The number of alkyl halides is 3. The molecule has 12 heteroatoms. The van der Waals surface area contributed by atoms with Gasteiger partial charge in [0.15, 0.2) is 0 Å². The van der Waals surface area contributed by atoms with Crippen molar-refractivity contribution in [2.24, 2.45) is 12.2 Å². The molecule has 0 spiro atoms. The van der Waals surface area contributed by atoms with Crippen LogP contribution in [-0.2, 0) is 22.8 Å². The number of nitrogens with zero attached hydrogens (tertiary/aromatic N) is 3. The van der Waals surface area contributed by atoms with E-state index >= 15 is 0 Å². The minimum atomic E-state index is -4.94. The van der Waals surface area contributed by atoms with Gasteiger partial charge in [-0.1, -0.05) is 11.6 Å². The SMILES string of the molecule is CO/N=C(/OC)c1cc(-n2c(=O)cc(C(F)(F)F)n(C)c2=O)c(F)cc1Cl. The Labute approximate surface area is 154 Å². The Bertz CT molecular complexity index is 1030. The molecular formula is C15H12ClF4N3O4. The van der Waals surface area contributed by atoms with Crippen molar-refractivity contribution in [3.8, 4) is 5.69 Å². The van der Waals surface area contributed by atoms with Crippen LogP contribution >= 0.6 is 11.6 Å². The molecule has 0 aliphatic heterocycles. The van der Waals surface area contributed by atoms with E-state index in [1.165, 1.54) is 14.2 Å². The van der Waals surface area contributed by atoms with E-state index in [1.807, 2.05) is 0 Å². The van der Waals surface area contributed by atoms with Gasteiger partial charge in [-0.25, -0.2) is 13.8 Å². The lowest BCUT2D eigenvalue weighted by molar-refractivity contribution is -0.144. The standard InChI is InChI=1S/C15H12ClF4N3O4/c1-22-11(15(18,19)20)6-12(24)23(14(22)25)10-4-7(8(16)5-9(10)17)13(26-2)21-27-3/h4-6H,1-3H3/b21-13+. The molecule has 0 aliphatic carbocycles. The normalized spacial score (nSPS) is 12.2. The van der Waals surface area contributed by atoms with Gasteiger partial charge in [0.25, 0.3) is 11.5 Å². The van der Waals surface area contributed by atoms with Crippen LogP contribution in [0.4, 0.5) is 17.6 Å². The first kappa shape index (κ1) is 20.5. The third-order valence-corrected chi connectivity index (χ3v) is 3.80. The van der Waals surface area contributed by atoms with Crippen molar-refractivity contribution >= 4 is 17.5 Å². The number of halogens is 5. The first-order valence-corrected chi connectivity index (χ1v) is 7.46. The molecule has 7 nitrogen and oxygen atoms in total. The van der Waals surface area contributed by atoms with Crippen molar-refractivity contribution in [1.82, 2.24) is 9.13 Å². The summed E-state index contributed by atoms with van der Waals surface area (Å²) in [7, 11) is 3.22. The molecule has 0 saturated carbocycles. The highest BCUT2D eigenvalue weighted by Gasteiger charge is 2.35. The van der Waals surface area contributed by atoms with E-state index in [1.54, 1.807) is 0 Å². The van der Waals surface area contributed by atoms with Gasteiger partial charge < -0.3 is 9.57 Å². The summed E-state index contributed by atoms with van der Waals surface area (Å²) in [4.78, 5) is 29.0. The Morgan fingerprint density at radius 2 is 1.81 bits per heavy atom. The smallest absolute Gasteiger partial charge is 0.431 e. The fourth-order valence-electron chi connectivity index (χ4n) is 2.27. The van der Waals surface area contributed by atoms with Gasteiger partial charge in [-0.3, -0.25) is 9.36 Å². The van der Waals surface area contributed by atoms with E-state index in [2.05, 4.69) is 9.99 Å². The number of rotatable bonds is 3. The molecule has 2 aromatic rings. The third-order valence-electron chi connectivity index (χ3n) is 3.49. The molecule has 1 aromatic carbocycles. The highest BCUT2D eigenvalue weighted by molar-refractivity contribution is 6.33. The van der Waals surface area contributed by atoms with E-state index in [-0.39, 0.29) is 31.7 Å². The average molecular weight is 410 g/mol. The molecule has 27 heavy (non-hydrogen) atoms. The second kappa shape index (κ2) is 7.43. The van der Waals surface area contributed by atoms with Crippen molar-refractivity contribution in [3.63, 3.8) is 0 Å². The van der Waals surface area contributed by atoms with Gasteiger partial charge >= 0.3 is 11.9 Å². The van der Waals surface area contributed by atoms with E-state index in [9.17, 15) is 27.2 Å². The molecule has 0 N–H and O–H groups in total. The molecule has 0 amide bonds. The van der Waals surface area contributed by atoms with Crippen molar-refractivity contribution < 1.29 is 27.1 Å². The summed E-state index contributed by atoms with van der Waals surface area (Å²) in [5.74, 6) is -1.32. The third kappa shape index (κ3) is 3.82. The predicted molar refractivity (Wildman–Crippen MR) is 87.8 cm³/mol. The Morgan fingerprint density at radius 3 is 2.33 bits per heavy atom. The van der Waals surface area contributed by atoms with Crippen LogP contribution in [0.3, 0.4) is 0 Å². The van der Waals surface area contributed by atoms with Crippen molar-refractivity contribution in [1.29, 1.82) is 0 Å². The number of aromatic nitrogens is 2. The monoisotopic (exact) mass is 409 g/mol. The number of methoxy groups -OCH3 is 1. The molecule has 0 radical (unpaired) electrons. The second-order valence-electron chi connectivity index (χ2n) is 5.11. The molecule has 0 unspecified atom stereocenters. The zero-order chi connectivity index (χ0) is 20.5. The second-order valence-corrected chi connectivity index (χ2v) is 5.52. The van der Waals surface area contributed by atoms with Crippen molar-refractivity contribution in [2.75, 3.05) is 14.2 Å². The van der Waals surface area contributed by atoms with Crippen molar-refractivity contribution in [2.45, 2.75) is 6.18 Å². The van der Waals surface area contributed by atoms with Gasteiger partial charge in [0, 0.05) is 13.1 Å². The van der Waals surface area contributed by atoms with Crippen LogP contribution < -0.4 is 11.2 Å². The van der Waals surface area contributed by atoms with E-state index < -0.39 is 34.6 Å². The van der Waals surface area contributed by atoms with Gasteiger partial charge in [0.1, 0.15) is 18.6 Å². The van der Waals surface area contributed by atoms with Crippen LogP contribution in [0.5, 0.6) is 0 Å². The number of oxime groups is 1. The van der Waals surface area contributed by atoms with Crippen LogP contribution in [0.1, 0.15) is 11.3 Å². The Balaban J connectivity index is 2.84. The molecule has 0 atom stereocenters. The summed E-state index contributed by atoms with van der Waals surface area (Å²) in [5.41, 5.74) is -4.92. The summed E-state index contributed by atoms with van der Waals surface area (Å²) in [6.07, 6.45) is -4.94. The van der Waals surface area contributed by atoms with Crippen LogP contribution in [0, 0.1) is 5.82 Å². The van der Waals surface area contributed by atoms with Gasteiger partial charge in [0.05, 0.1) is 23.4 Å². The lowest BCUT2D eigenvalue weighted by Crippen LogP contribution is -2.41. The number of hydrogen-bond donors (Lipinski definition) is 0. The fraction of sp³-hybridized carbons (Fsp3) is 0.267. The maximum atomic E-state index is 14.4. The Morgan fingerprint density at radius 1 is 1.19 bits per heavy atom. The maximum absolute atomic E-state index is 14.4. The summed E-state index contributed by atoms with van der Waals surface area (Å²) >= 11 is 5.92. The summed E-state index contributed by atoms with van der Waals surface area (Å²) < 4.78 is 58.5. The zero-order valence-electron chi connectivity index (χ0n) is 14.1. The molecule has 0 saturated heterocycles. The number of hydrogen-bond acceptors (Lipinski definition) is 5. The quantitative estimate of drug-likeness (QED) is 0.337. The van der Waals surface area contributed by atoms with Gasteiger partial charge in [0.2, 0.25) is 0 Å². The molecule has 0 bridgehead atoms. The summed E-state index contributed by atoms with van der Waals surface area (Å²) in [6, 6.07) is 1.89. The van der Waals surface area contributed by atoms with E-state index in [0.717, 1.165) is 19.2 Å². The first-order chi connectivity index (χ1) is 12.5. The fourth-order valence-corrected chi connectivity index (χ4v) is 2.50. The predicted octanol–water partition coefficient (Wildman–Crippen LogP) is 2.30. The molecule has 0 fully saturated rings. The van der Waals surface area contributed by atoms with E-state index in [0.29, 0.717) is 0 Å². The molecular weight excluding hydrogens is 398 g/mol. The molecule has 146 valence electrons. The highest BCUT2D eigenvalue weighted by atomic mass is 35.5. The summed E-state index contributed by atoms with van der Waals surface area (Å²) in [6.45, 7) is 0. The molecule has 2 rings (SSSR count). The Hall–Kier alpha value is -2.82. The minimum Gasteiger partial charge on any atom is -0.478 e. The number of benzene rings is 1. The lowest BCUT2D eigenvalue weighted by atomic mass is 10.2. The van der Waals surface area contributed by atoms with Crippen LogP contribution in [0.2, 0.25) is 5.02 Å². The van der Waals surface area contributed by atoms with Gasteiger partial charge in [-0.05, 0) is 17.3 Å². The highest BCUT2D eigenvalue weighted by Crippen LogP contribution is 2.27. The van der Waals surface area contributed by atoms with Gasteiger partial charge in [-0.15, -0.1) is 0 Å². The zero-order valence-corrected chi connectivity index (χ0v) is 14.9. The van der Waals surface area contributed by atoms with Crippen molar-refractivity contribution in [3.05, 3.63) is 61.1 Å². The Kier molecular flexibility index (Phi) is 5.64. The molecule has 1 heterocycles. The largest absolute Gasteiger partial charge is 0.478 e. The topological polar surface area (TPSA) is 74.8 Å². The van der Waals surface area contributed by atoms with Gasteiger partial charge in [-0.2, -0.15) is 13.2 Å². The van der Waals surface area contributed by atoms with Crippen LogP contribution in [-0.4, -0.2) is 29.3 Å². The maximum Gasteiger partial charge on any atom is 0.431 e. The van der Waals surface area contributed by atoms with Crippen LogP contribution in [0.15, 0.2) is 32.9 Å². The first-order valence-electron chi connectivity index (χ1n) is 7.08.